The second-order valence-electron chi connectivity index (χ2n) is 5.12. The van der Waals surface area contributed by atoms with Gasteiger partial charge in [0.05, 0.1) is 6.04 Å². The summed E-state index contributed by atoms with van der Waals surface area (Å²) in [6, 6.07) is 16.4. The summed E-state index contributed by atoms with van der Waals surface area (Å²) in [4.78, 5) is 11.8. The first kappa shape index (κ1) is 15.1. The molecule has 0 aliphatic carbocycles. The zero-order valence-corrected chi connectivity index (χ0v) is 12.8. The Kier molecular flexibility index (Phi) is 4.99. The van der Waals surface area contributed by atoms with Crippen molar-refractivity contribution in [1.82, 2.24) is 5.32 Å². The highest BCUT2D eigenvalue weighted by Crippen LogP contribution is 2.25. The Bertz CT molecular complexity index is 608. The van der Waals surface area contributed by atoms with Crippen LogP contribution in [0.15, 0.2) is 48.5 Å². The van der Waals surface area contributed by atoms with Gasteiger partial charge < -0.3 is 10.6 Å². The quantitative estimate of drug-likeness (QED) is 0.872. The third kappa shape index (κ3) is 3.63. The monoisotopic (exact) mass is 282 g/mol. The van der Waals surface area contributed by atoms with Crippen LogP contribution in [0, 0.1) is 6.92 Å². The first-order valence-corrected chi connectivity index (χ1v) is 7.30. The molecule has 0 radical (unpaired) electrons. The standard InChI is InChI=1S/C18H22N2O/c1-4-16(14-8-6-5-7-9-14)20-17-12-15(18(21)19-3)11-10-13(17)2/h5-12,16,20H,4H2,1-3H3,(H,19,21). The molecular formula is C18H22N2O. The Balaban J connectivity index is 2.27. The molecule has 110 valence electrons. The first-order valence-electron chi connectivity index (χ1n) is 7.30. The number of hydrogen-bond donors (Lipinski definition) is 2. The minimum Gasteiger partial charge on any atom is -0.378 e. The van der Waals surface area contributed by atoms with Gasteiger partial charge in [-0.05, 0) is 36.6 Å². The molecule has 3 heteroatoms. The largest absolute Gasteiger partial charge is 0.378 e. The number of benzene rings is 2. The Labute approximate surface area is 126 Å². The highest BCUT2D eigenvalue weighted by Gasteiger charge is 2.12. The molecule has 1 amide bonds. The molecule has 2 aromatic carbocycles. The average molecular weight is 282 g/mol. The maximum atomic E-state index is 11.8. The number of anilines is 1. The molecule has 0 aliphatic heterocycles. The summed E-state index contributed by atoms with van der Waals surface area (Å²) in [7, 11) is 1.65. The molecule has 2 aromatic rings. The minimum atomic E-state index is -0.0641. The van der Waals surface area contributed by atoms with Gasteiger partial charge in [-0.3, -0.25) is 4.79 Å². The van der Waals surface area contributed by atoms with Crippen LogP contribution in [-0.2, 0) is 0 Å². The van der Waals surface area contributed by atoms with Crippen LogP contribution >= 0.6 is 0 Å². The number of hydrogen-bond acceptors (Lipinski definition) is 2. The molecule has 0 saturated carbocycles. The van der Waals surface area contributed by atoms with Gasteiger partial charge in [0.1, 0.15) is 0 Å². The van der Waals surface area contributed by atoms with E-state index in [-0.39, 0.29) is 11.9 Å². The number of rotatable bonds is 5. The minimum absolute atomic E-state index is 0.0641. The van der Waals surface area contributed by atoms with Crippen molar-refractivity contribution < 1.29 is 4.79 Å². The smallest absolute Gasteiger partial charge is 0.251 e. The van der Waals surface area contributed by atoms with E-state index in [9.17, 15) is 4.79 Å². The lowest BCUT2D eigenvalue weighted by atomic mass is 10.0. The summed E-state index contributed by atoms with van der Waals surface area (Å²) in [5, 5.41) is 6.21. The normalized spacial score (nSPS) is 11.8. The van der Waals surface area contributed by atoms with Crippen LogP contribution in [0.1, 0.15) is 40.9 Å². The topological polar surface area (TPSA) is 41.1 Å². The number of carbonyl (C=O) groups excluding carboxylic acids is 1. The molecule has 0 spiro atoms. The number of aryl methyl sites for hydroxylation is 1. The van der Waals surface area contributed by atoms with E-state index in [1.54, 1.807) is 7.05 Å². The molecule has 0 fully saturated rings. The maximum Gasteiger partial charge on any atom is 0.251 e. The van der Waals surface area contributed by atoms with E-state index in [1.165, 1.54) is 5.56 Å². The van der Waals surface area contributed by atoms with Gasteiger partial charge in [0.25, 0.3) is 5.91 Å². The van der Waals surface area contributed by atoms with Crippen LogP contribution in [0.25, 0.3) is 0 Å². The molecule has 21 heavy (non-hydrogen) atoms. The van der Waals surface area contributed by atoms with E-state index in [1.807, 2.05) is 43.3 Å². The fourth-order valence-corrected chi connectivity index (χ4v) is 2.36. The predicted molar refractivity (Wildman–Crippen MR) is 87.7 cm³/mol. The molecule has 1 atom stereocenters. The molecule has 0 bridgehead atoms. The maximum absolute atomic E-state index is 11.8. The Hall–Kier alpha value is -2.29. The van der Waals surface area contributed by atoms with Gasteiger partial charge in [-0.2, -0.15) is 0 Å². The average Bonchev–Trinajstić information content (AvgIpc) is 2.54. The zero-order valence-electron chi connectivity index (χ0n) is 12.8. The zero-order chi connectivity index (χ0) is 15.2. The van der Waals surface area contributed by atoms with Crippen molar-refractivity contribution in [2.45, 2.75) is 26.3 Å². The van der Waals surface area contributed by atoms with Gasteiger partial charge in [-0.1, -0.05) is 43.3 Å². The van der Waals surface area contributed by atoms with Crippen LogP contribution < -0.4 is 10.6 Å². The number of amides is 1. The highest BCUT2D eigenvalue weighted by molar-refractivity contribution is 5.95. The summed E-state index contributed by atoms with van der Waals surface area (Å²) in [6.07, 6.45) is 0.980. The molecule has 1 unspecified atom stereocenters. The second-order valence-corrected chi connectivity index (χ2v) is 5.12. The summed E-state index contributed by atoms with van der Waals surface area (Å²) >= 11 is 0. The molecular weight excluding hydrogens is 260 g/mol. The summed E-state index contributed by atoms with van der Waals surface area (Å²) in [5.41, 5.74) is 4.07. The summed E-state index contributed by atoms with van der Waals surface area (Å²) in [5.74, 6) is -0.0641. The Morgan fingerprint density at radius 2 is 1.86 bits per heavy atom. The van der Waals surface area contributed by atoms with Crippen LogP contribution in [0.3, 0.4) is 0 Å². The highest BCUT2D eigenvalue weighted by atomic mass is 16.1. The van der Waals surface area contributed by atoms with E-state index in [0.29, 0.717) is 5.56 Å². The second kappa shape index (κ2) is 6.93. The van der Waals surface area contributed by atoms with Gasteiger partial charge in [0, 0.05) is 18.3 Å². The fourth-order valence-electron chi connectivity index (χ4n) is 2.36. The number of nitrogens with one attached hydrogen (secondary N) is 2. The third-order valence-corrected chi connectivity index (χ3v) is 3.67. The van der Waals surface area contributed by atoms with Gasteiger partial charge in [-0.25, -0.2) is 0 Å². The fraction of sp³-hybridized carbons (Fsp3) is 0.278. The number of carbonyl (C=O) groups is 1. The third-order valence-electron chi connectivity index (χ3n) is 3.67. The van der Waals surface area contributed by atoms with E-state index in [2.05, 4.69) is 29.7 Å². The lowest BCUT2D eigenvalue weighted by Crippen LogP contribution is -2.18. The van der Waals surface area contributed by atoms with Crippen molar-refractivity contribution in [3.63, 3.8) is 0 Å². The van der Waals surface area contributed by atoms with Crippen LogP contribution in [-0.4, -0.2) is 13.0 Å². The van der Waals surface area contributed by atoms with Crippen LogP contribution in [0.4, 0.5) is 5.69 Å². The van der Waals surface area contributed by atoms with Crippen LogP contribution in [0.2, 0.25) is 0 Å². The molecule has 2 N–H and O–H groups in total. The van der Waals surface area contributed by atoms with E-state index >= 15 is 0 Å². The van der Waals surface area contributed by atoms with Crippen molar-refractivity contribution in [3.8, 4) is 0 Å². The van der Waals surface area contributed by atoms with Gasteiger partial charge >= 0.3 is 0 Å². The molecule has 0 aromatic heterocycles. The summed E-state index contributed by atoms with van der Waals surface area (Å²) in [6.45, 7) is 4.20. The molecule has 3 nitrogen and oxygen atoms in total. The van der Waals surface area contributed by atoms with E-state index < -0.39 is 0 Å². The SMILES string of the molecule is CCC(Nc1cc(C(=O)NC)ccc1C)c1ccccc1. The van der Waals surface area contributed by atoms with Crippen molar-refractivity contribution in [3.05, 3.63) is 65.2 Å². The van der Waals surface area contributed by atoms with Gasteiger partial charge in [-0.15, -0.1) is 0 Å². The van der Waals surface area contributed by atoms with Crippen molar-refractivity contribution >= 4 is 11.6 Å². The predicted octanol–water partition coefficient (Wildman–Crippen LogP) is 3.92. The Morgan fingerprint density at radius 3 is 2.48 bits per heavy atom. The lowest BCUT2D eigenvalue weighted by Gasteiger charge is -2.20. The van der Waals surface area contributed by atoms with Crippen molar-refractivity contribution in [2.24, 2.45) is 0 Å². The molecule has 0 heterocycles. The van der Waals surface area contributed by atoms with Gasteiger partial charge in [0.15, 0.2) is 0 Å². The molecule has 0 aliphatic rings. The van der Waals surface area contributed by atoms with Crippen LogP contribution in [0.5, 0.6) is 0 Å². The van der Waals surface area contributed by atoms with Crippen molar-refractivity contribution in [2.75, 3.05) is 12.4 Å². The summed E-state index contributed by atoms with van der Waals surface area (Å²) < 4.78 is 0. The Morgan fingerprint density at radius 1 is 1.14 bits per heavy atom. The van der Waals surface area contributed by atoms with Crippen molar-refractivity contribution in [1.29, 1.82) is 0 Å². The first-order chi connectivity index (χ1) is 10.2. The lowest BCUT2D eigenvalue weighted by molar-refractivity contribution is 0.0963. The van der Waals surface area contributed by atoms with Gasteiger partial charge in [0.2, 0.25) is 0 Å². The molecule has 0 saturated heterocycles. The van der Waals surface area contributed by atoms with E-state index in [0.717, 1.165) is 17.7 Å². The molecule has 2 rings (SSSR count). The van der Waals surface area contributed by atoms with E-state index in [4.69, 9.17) is 0 Å².